The number of esters is 1. The van der Waals surface area contributed by atoms with E-state index in [-0.39, 0.29) is 47.6 Å². The van der Waals surface area contributed by atoms with Gasteiger partial charge in [-0.3, -0.25) is 19.2 Å². The second kappa shape index (κ2) is 15.6. The molecule has 4 aromatic carbocycles. The highest BCUT2D eigenvalue weighted by molar-refractivity contribution is 9.10. The molecule has 4 atom stereocenters. The summed E-state index contributed by atoms with van der Waals surface area (Å²) in [6.45, 7) is 4.61. The Morgan fingerprint density at radius 1 is 0.984 bits per heavy atom. The molecule has 3 aliphatic rings. The van der Waals surface area contributed by atoms with Crippen LogP contribution in [0.15, 0.2) is 100 Å². The van der Waals surface area contributed by atoms with Crippen molar-refractivity contribution in [3.05, 3.63) is 141 Å². The average molecular weight is 888 g/mol. The lowest BCUT2D eigenvalue weighted by Crippen LogP contribution is -2.49. The number of hydrogen-bond donors (Lipinski definition) is 5. The number of alkyl carbamates (subject to hydrolysis) is 1. The number of H-pyrrole nitrogens is 1. The Bertz CT molecular complexity index is 2770. The number of para-hydroxylation sites is 2. The number of rotatable bonds is 9. The number of benzene rings is 4. The second-order valence-electron chi connectivity index (χ2n) is 15.4. The zero-order valence-corrected chi connectivity index (χ0v) is 34.7. The fraction of sp³-hybridized carbons (Fsp3) is 0.244. The molecule has 0 radical (unpaired) electrons. The second-order valence-corrected chi connectivity index (χ2v) is 16.3. The van der Waals surface area contributed by atoms with Crippen LogP contribution in [0, 0.1) is 5.92 Å². The number of fused-ring (bicyclic) bond motifs is 5. The summed E-state index contributed by atoms with van der Waals surface area (Å²) in [5, 5.41) is 12.6. The molecule has 3 amide bonds. The number of halogens is 1. The van der Waals surface area contributed by atoms with E-state index in [9.17, 15) is 24.0 Å². The molecule has 6 aromatic rings. The van der Waals surface area contributed by atoms with Crippen molar-refractivity contribution >= 4 is 62.2 Å². The summed E-state index contributed by atoms with van der Waals surface area (Å²) in [5.74, 6) is -1.52. The van der Waals surface area contributed by atoms with Gasteiger partial charge < -0.3 is 44.9 Å². The van der Waals surface area contributed by atoms with Crippen molar-refractivity contribution in [1.29, 1.82) is 0 Å². The zero-order chi connectivity index (χ0) is 42.6. The molecular formula is C45H39BrN6O9. The van der Waals surface area contributed by atoms with E-state index in [0.29, 0.717) is 27.8 Å². The molecule has 3 aliphatic heterocycles. The Balaban J connectivity index is 1.11. The number of carbonyl (C=O) groups excluding carboxylic acids is 5. The highest BCUT2D eigenvalue weighted by Crippen LogP contribution is 2.59. The van der Waals surface area contributed by atoms with E-state index in [1.807, 2.05) is 74.5 Å². The van der Waals surface area contributed by atoms with Crippen LogP contribution in [-0.2, 0) is 32.8 Å². The highest BCUT2D eigenvalue weighted by Gasteiger charge is 2.61. The van der Waals surface area contributed by atoms with E-state index in [2.05, 4.69) is 42.2 Å². The maximum absolute atomic E-state index is 14.6. The number of carbonyl (C=O) groups is 5. The zero-order valence-electron chi connectivity index (χ0n) is 33.1. The molecule has 61 heavy (non-hydrogen) atoms. The average Bonchev–Trinajstić information content (AvgIpc) is 4.02. The van der Waals surface area contributed by atoms with Crippen LogP contribution in [0.4, 0.5) is 10.5 Å². The van der Waals surface area contributed by atoms with Crippen molar-refractivity contribution in [2.24, 2.45) is 5.92 Å². The SMILES string of the molecule is CC(=O)Oc1cccc2c(C(=O)CNC(=O)c3nc4oc3C35c6cc(ccc6OC3Nc3c(Br)cccc35)C[C@H](NC(=O)OCc3ccccc3)C(=O)NC4C(C)C)c[nH]c12. The lowest BCUT2D eigenvalue weighted by atomic mass is 9.72. The van der Waals surface area contributed by atoms with Crippen molar-refractivity contribution in [2.45, 2.75) is 57.5 Å². The number of Topliss-reactive ketones (excluding diaryl/α,β-unsaturated/α-hetero) is 1. The summed E-state index contributed by atoms with van der Waals surface area (Å²) in [6, 6.07) is 23.4. The monoisotopic (exact) mass is 886 g/mol. The third kappa shape index (κ3) is 6.95. The van der Waals surface area contributed by atoms with E-state index in [1.54, 1.807) is 24.3 Å². The maximum atomic E-state index is 14.6. The fourth-order valence-electron chi connectivity index (χ4n) is 8.34. The summed E-state index contributed by atoms with van der Waals surface area (Å²) in [6.07, 6.45) is -0.000268. The first kappa shape index (κ1) is 39.5. The van der Waals surface area contributed by atoms with Gasteiger partial charge in [0, 0.05) is 46.1 Å². The topological polar surface area (TPSA) is 203 Å². The molecule has 5 N–H and O–H groups in total. The molecule has 0 aliphatic carbocycles. The van der Waals surface area contributed by atoms with Gasteiger partial charge in [0.2, 0.25) is 11.8 Å². The van der Waals surface area contributed by atoms with Crippen molar-refractivity contribution in [3.63, 3.8) is 0 Å². The molecule has 5 heterocycles. The van der Waals surface area contributed by atoms with E-state index >= 15 is 0 Å². The first-order valence-electron chi connectivity index (χ1n) is 19.7. The van der Waals surface area contributed by atoms with E-state index < -0.39 is 59.9 Å². The van der Waals surface area contributed by atoms with Crippen molar-refractivity contribution in [3.8, 4) is 11.5 Å². The lowest BCUT2D eigenvalue weighted by Gasteiger charge is -2.28. The van der Waals surface area contributed by atoms with Gasteiger partial charge in [0.25, 0.3) is 5.91 Å². The van der Waals surface area contributed by atoms with Crippen molar-refractivity contribution < 1.29 is 42.6 Å². The van der Waals surface area contributed by atoms with E-state index in [4.69, 9.17) is 23.6 Å². The Labute approximate surface area is 357 Å². The Morgan fingerprint density at radius 2 is 1.79 bits per heavy atom. The Kier molecular flexibility index (Phi) is 10.1. The van der Waals surface area contributed by atoms with Crippen LogP contribution in [0.3, 0.4) is 0 Å². The van der Waals surface area contributed by atoms with Crippen molar-refractivity contribution in [1.82, 2.24) is 25.9 Å². The number of anilines is 1. The quantitative estimate of drug-likeness (QED) is 0.0595. The van der Waals surface area contributed by atoms with Crippen molar-refractivity contribution in [2.75, 3.05) is 11.9 Å². The number of oxazole rings is 1. The molecule has 0 fully saturated rings. The number of aromatic nitrogens is 2. The van der Waals surface area contributed by atoms with Crippen LogP contribution in [0.25, 0.3) is 10.9 Å². The largest absolute Gasteiger partial charge is 0.469 e. The van der Waals surface area contributed by atoms with Gasteiger partial charge in [-0.25, -0.2) is 9.78 Å². The third-order valence-electron chi connectivity index (χ3n) is 11.2. The van der Waals surface area contributed by atoms with Crippen LogP contribution in [0.5, 0.6) is 11.5 Å². The number of amides is 3. The van der Waals surface area contributed by atoms with E-state index in [0.717, 1.165) is 21.3 Å². The molecule has 0 saturated carbocycles. The van der Waals surface area contributed by atoms with Crippen LogP contribution in [0.2, 0.25) is 0 Å². The minimum atomic E-state index is -1.29. The van der Waals surface area contributed by atoms with Crippen LogP contribution in [0.1, 0.15) is 81.6 Å². The van der Waals surface area contributed by atoms with Crippen LogP contribution >= 0.6 is 15.9 Å². The Hall–Kier alpha value is -6.94. The van der Waals surface area contributed by atoms with Gasteiger partial charge in [-0.2, -0.15) is 0 Å². The highest BCUT2D eigenvalue weighted by atomic mass is 79.9. The Morgan fingerprint density at radius 3 is 2.57 bits per heavy atom. The van der Waals surface area contributed by atoms with Gasteiger partial charge in [-0.1, -0.05) is 80.6 Å². The fourth-order valence-corrected chi connectivity index (χ4v) is 8.82. The van der Waals surface area contributed by atoms with Crippen LogP contribution in [-0.4, -0.2) is 58.4 Å². The number of hydrogen-bond acceptors (Lipinski definition) is 11. The summed E-state index contributed by atoms with van der Waals surface area (Å²) in [5.41, 5.74) is 2.90. The molecule has 16 heteroatoms. The number of ether oxygens (including phenoxy) is 3. The van der Waals surface area contributed by atoms with Gasteiger partial charge in [0.05, 0.1) is 17.7 Å². The van der Waals surface area contributed by atoms with Gasteiger partial charge in [-0.05, 0) is 51.2 Å². The summed E-state index contributed by atoms with van der Waals surface area (Å²) >= 11 is 3.69. The predicted octanol–water partition coefficient (Wildman–Crippen LogP) is 6.60. The minimum Gasteiger partial charge on any atom is -0.469 e. The first-order chi connectivity index (χ1) is 29.4. The molecular weight excluding hydrogens is 848 g/mol. The molecule has 9 rings (SSSR count). The molecule has 15 nitrogen and oxygen atoms in total. The molecule has 4 bridgehead atoms. The molecule has 310 valence electrons. The number of aromatic amines is 1. The summed E-state index contributed by atoms with van der Waals surface area (Å²) in [7, 11) is 0. The maximum Gasteiger partial charge on any atom is 0.408 e. The minimum absolute atomic E-state index is 0.00597. The summed E-state index contributed by atoms with van der Waals surface area (Å²) in [4.78, 5) is 75.3. The first-order valence-corrected chi connectivity index (χ1v) is 20.5. The predicted molar refractivity (Wildman–Crippen MR) is 224 cm³/mol. The van der Waals surface area contributed by atoms with Gasteiger partial charge in [0.1, 0.15) is 29.9 Å². The summed E-state index contributed by atoms with van der Waals surface area (Å²) < 4.78 is 25.0. The van der Waals surface area contributed by atoms with Gasteiger partial charge in [0.15, 0.2) is 29.2 Å². The number of nitrogens with one attached hydrogen (secondary N) is 5. The molecule has 2 aromatic heterocycles. The molecule has 0 saturated heterocycles. The standard InChI is InChI=1S/C45H39BrN6O9/c1-22(2)35-42-51-38(41(56)48-20-32(54)27-19-47-36-26(27)11-7-14-34(36)59-23(3)53)39(61-42)45-28-12-8-13-30(46)37(28)52-43(45)60-33-16-15-25(17-29(33)45)18-31(40(55)50-35)49-44(57)58-21-24-9-5-4-6-10-24/h4-17,19,22,31,35,43,47,52H,18,20-21H2,1-3H3,(H,48,56)(H,49,57)(H,50,55)/t31-,35?,43?,45?/m0/s1. The normalized spacial score (nSPS) is 19.6. The molecule has 3 unspecified atom stereocenters. The third-order valence-corrected chi connectivity index (χ3v) is 11.8. The van der Waals surface area contributed by atoms with Gasteiger partial charge >= 0.3 is 12.1 Å². The van der Waals surface area contributed by atoms with Gasteiger partial charge in [-0.15, -0.1) is 0 Å². The molecule has 1 spiro atoms. The van der Waals surface area contributed by atoms with Crippen LogP contribution < -0.4 is 30.7 Å². The van der Waals surface area contributed by atoms with E-state index in [1.165, 1.54) is 13.1 Å². The smallest absolute Gasteiger partial charge is 0.408 e. The number of ketones is 1. The lowest BCUT2D eigenvalue weighted by molar-refractivity contribution is -0.131. The number of nitrogens with zero attached hydrogens (tertiary/aromatic N) is 1.